The van der Waals surface area contributed by atoms with Gasteiger partial charge in [-0.25, -0.2) is 0 Å². The Morgan fingerprint density at radius 3 is 2.59 bits per heavy atom. The van der Waals surface area contributed by atoms with Gasteiger partial charge in [-0.2, -0.15) is 0 Å². The normalized spacial score (nSPS) is 15.4. The Labute approximate surface area is 105 Å². The quantitative estimate of drug-likeness (QED) is 0.909. The molecule has 2 N–H and O–H groups in total. The minimum Gasteiger partial charge on any atom is -0.328 e. The molecular formula is C13H18N2OS. The molecule has 17 heavy (non-hydrogen) atoms. The maximum Gasteiger partial charge on any atom is 0.269 e. The van der Waals surface area contributed by atoms with Crippen molar-refractivity contribution in [1.29, 1.82) is 0 Å². The lowest BCUT2D eigenvalue weighted by Crippen LogP contribution is -2.46. The number of nitrogens with two attached hydrogens (primary N) is 1. The van der Waals surface area contributed by atoms with Gasteiger partial charge in [-0.15, -0.1) is 0 Å². The number of rotatable bonds is 3. The highest BCUT2D eigenvalue weighted by Crippen LogP contribution is 2.28. The van der Waals surface area contributed by atoms with Gasteiger partial charge in [0.1, 0.15) is 0 Å². The first-order valence-corrected chi connectivity index (χ1v) is 6.59. The molecule has 3 nitrogen and oxygen atoms in total. The summed E-state index contributed by atoms with van der Waals surface area (Å²) in [4.78, 5) is 12.4. The molecule has 2 aromatic rings. The van der Waals surface area contributed by atoms with E-state index in [1.807, 2.05) is 28.2 Å². The van der Waals surface area contributed by atoms with Crippen molar-refractivity contribution in [2.75, 3.05) is 6.54 Å². The third-order valence-electron chi connectivity index (χ3n) is 3.61. The fraction of sp³-hybridized carbons (Fsp3) is 0.462. The maximum atomic E-state index is 12.4. The zero-order chi connectivity index (χ0) is 12.6. The topological polar surface area (TPSA) is 48.0 Å². The predicted octanol–water partition coefficient (Wildman–Crippen LogP) is 2.39. The highest BCUT2D eigenvalue weighted by molar-refractivity contribution is 7.13. The monoisotopic (exact) mass is 250 g/mol. The van der Waals surface area contributed by atoms with Crippen LogP contribution in [0.25, 0.3) is 10.1 Å². The Hall–Kier alpha value is -1.13. The summed E-state index contributed by atoms with van der Waals surface area (Å²) in [6, 6.07) is 7.71. The standard InChI is InChI=1S/C13H18N2OS/c1-9(2)13(3,8-14)15-12(16)10-6-4-5-7-11(10)17-15/h4-7,9H,8,14H2,1-3H3. The molecule has 1 atom stereocenters. The van der Waals surface area contributed by atoms with Crippen molar-refractivity contribution in [3.05, 3.63) is 34.6 Å². The van der Waals surface area contributed by atoms with Crippen LogP contribution in [0.15, 0.2) is 29.1 Å². The van der Waals surface area contributed by atoms with Crippen LogP contribution in [-0.2, 0) is 5.54 Å². The number of hydrogen-bond donors (Lipinski definition) is 1. The minimum atomic E-state index is -0.305. The van der Waals surface area contributed by atoms with Crippen LogP contribution in [0.2, 0.25) is 0 Å². The number of aromatic nitrogens is 1. The number of hydrogen-bond acceptors (Lipinski definition) is 3. The molecule has 92 valence electrons. The van der Waals surface area contributed by atoms with Gasteiger partial charge in [-0.05, 0) is 25.0 Å². The Morgan fingerprint density at radius 1 is 1.41 bits per heavy atom. The Morgan fingerprint density at radius 2 is 2.06 bits per heavy atom. The summed E-state index contributed by atoms with van der Waals surface area (Å²) in [6.07, 6.45) is 0. The van der Waals surface area contributed by atoms with Gasteiger partial charge in [0.25, 0.3) is 5.56 Å². The van der Waals surface area contributed by atoms with Crippen LogP contribution in [0, 0.1) is 5.92 Å². The predicted molar refractivity (Wildman–Crippen MR) is 73.6 cm³/mol. The SMILES string of the molecule is CC(C)C(C)(CN)n1sc2ccccc2c1=O. The van der Waals surface area contributed by atoms with Gasteiger partial charge in [-0.3, -0.25) is 8.75 Å². The summed E-state index contributed by atoms with van der Waals surface area (Å²) >= 11 is 1.51. The zero-order valence-electron chi connectivity index (χ0n) is 10.4. The lowest BCUT2D eigenvalue weighted by atomic mass is 9.89. The fourth-order valence-corrected chi connectivity index (χ4v) is 3.13. The third-order valence-corrected chi connectivity index (χ3v) is 4.93. The molecule has 0 aliphatic rings. The van der Waals surface area contributed by atoms with E-state index in [1.165, 1.54) is 11.5 Å². The van der Waals surface area contributed by atoms with E-state index in [1.54, 1.807) is 0 Å². The lowest BCUT2D eigenvalue weighted by Gasteiger charge is -2.32. The lowest BCUT2D eigenvalue weighted by molar-refractivity contribution is 0.244. The van der Waals surface area contributed by atoms with Crippen LogP contribution in [0.4, 0.5) is 0 Å². The van der Waals surface area contributed by atoms with E-state index < -0.39 is 0 Å². The Bertz CT molecular complexity index is 584. The summed E-state index contributed by atoms with van der Waals surface area (Å²) in [5.74, 6) is 0.318. The van der Waals surface area contributed by atoms with Gasteiger partial charge >= 0.3 is 0 Å². The van der Waals surface area contributed by atoms with Gasteiger partial charge in [-0.1, -0.05) is 37.5 Å². The molecule has 1 aromatic carbocycles. The summed E-state index contributed by atoms with van der Waals surface area (Å²) < 4.78 is 2.86. The first-order chi connectivity index (χ1) is 8.00. The van der Waals surface area contributed by atoms with E-state index >= 15 is 0 Å². The molecule has 0 saturated heterocycles. The molecule has 0 amide bonds. The van der Waals surface area contributed by atoms with Crippen LogP contribution in [-0.4, -0.2) is 10.5 Å². The van der Waals surface area contributed by atoms with Gasteiger partial charge < -0.3 is 5.73 Å². The summed E-state index contributed by atoms with van der Waals surface area (Å²) in [6.45, 7) is 6.72. The first-order valence-electron chi connectivity index (χ1n) is 5.82. The van der Waals surface area contributed by atoms with E-state index in [0.29, 0.717) is 12.5 Å². The number of fused-ring (bicyclic) bond motifs is 1. The van der Waals surface area contributed by atoms with E-state index in [-0.39, 0.29) is 11.1 Å². The highest BCUT2D eigenvalue weighted by Gasteiger charge is 2.31. The molecule has 0 spiro atoms. The average molecular weight is 250 g/mol. The van der Waals surface area contributed by atoms with Crippen molar-refractivity contribution < 1.29 is 0 Å². The smallest absolute Gasteiger partial charge is 0.269 e. The van der Waals surface area contributed by atoms with Crippen molar-refractivity contribution >= 4 is 21.6 Å². The van der Waals surface area contributed by atoms with Crippen molar-refractivity contribution in [3.8, 4) is 0 Å². The van der Waals surface area contributed by atoms with Crippen LogP contribution < -0.4 is 11.3 Å². The molecule has 1 aromatic heterocycles. The second-order valence-electron chi connectivity index (χ2n) is 4.90. The van der Waals surface area contributed by atoms with Crippen molar-refractivity contribution in [3.63, 3.8) is 0 Å². The summed E-state index contributed by atoms with van der Waals surface area (Å²) in [5, 5.41) is 0.790. The molecule has 0 aliphatic carbocycles. The fourth-order valence-electron chi connectivity index (χ4n) is 1.86. The maximum absolute atomic E-state index is 12.4. The largest absolute Gasteiger partial charge is 0.328 e. The van der Waals surface area contributed by atoms with Gasteiger partial charge in [0.05, 0.1) is 15.6 Å². The second kappa shape index (κ2) is 4.27. The van der Waals surface area contributed by atoms with Crippen molar-refractivity contribution in [1.82, 2.24) is 3.96 Å². The number of nitrogens with zero attached hydrogens (tertiary/aromatic N) is 1. The van der Waals surface area contributed by atoms with Gasteiger partial charge in [0.15, 0.2) is 0 Å². The van der Waals surface area contributed by atoms with Crippen LogP contribution in [0.1, 0.15) is 20.8 Å². The summed E-state index contributed by atoms with van der Waals surface area (Å²) in [7, 11) is 0. The molecule has 1 heterocycles. The van der Waals surface area contributed by atoms with E-state index in [2.05, 4.69) is 20.8 Å². The van der Waals surface area contributed by atoms with Crippen LogP contribution >= 0.6 is 11.5 Å². The van der Waals surface area contributed by atoms with Crippen LogP contribution in [0.3, 0.4) is 0 Å². The Kier molecular flexibility index (Phi) is 3.10. The molecule has 0 radical (unpaired) electrons. The first kappa shape index (κ1) is 12.3. The molecule has 0 aliphatic heterocycles. The van der Waals surface area contributed by atoms with E-state index in [9.17, 15) is 4.79 Å². The zero-order valence-corrected chi connectivity index (χ0v) is 11.3. The minimum absolute atomic E-state index is 0.0762. The average Bonchev–Trinajstić information content (AvgIpc) is 2.67. The molecule has 2 rings (SSSR count). The van der Waals surface area contributed by atoms with Gasteiger partial charge in [0, 0.05) is 6.54 Å². The van der Waals surface area contributed by atoms with Crippen molar-refractivity contribution in [2.24, 2.45) is 11.7 Å². The van der Waals surface area contributed by atoms with E-state index in [4.69, 9.17) is 5.73 Å². The molecular weight excluding hydrogens is 232 g/mol. The Balaban J connectivity index is 2.71. The highest BCUT2D eigenvalue weighted by atomic mass is 32.1. The van der Waals surface area contributed by atoms with Gasteiger partial charge in [0.2, 0.25) is 0 Å². The molecule has 0 fully saturated rings. The number of benzene rings is 1. The second-order valence-corrected chi connectivity index (χ2v) is 5.89. The van der Waals surface area contributed by atoms with E-state index in [0.717, 1.165) is 10.1 Å². The summed E-state index contributed by atoms with van der Waals surface area (Å²) in [5.41, 5.74) is 5.65. The van der Waals surface area contributed by atoms with Crippen molar-refractivity contribution in [2.45, 2.75) is 26.3 Å². The molecule has 4 heteroatoms. The molecule has 0 saturated carbocycles. The van der Waals surface area contributed by atoms with Crippen LogP contribution in [0.5, 0.6) is 0 Å². The molecule has 1 unspecified atom stereocenters. The molecule has 0 bridgehead atoms. The third kappa shape index (κ3) is 1.81.